The van der Waals surface area contributed by atoms with Crippen LogP contribution in [0, 0.1) is 58.7 Å². The van der Waals surface area contributed by atoms with Crippen molar-refractivity contribution in [3.8, 4) is 0 Å². The lowest BCUT2D eigenvalue weighted by atomic mass is 9.54. The third kappa shape index (κ3) is 1.04. The van der Waals surface area contributed by atoms with Crippen LogP contribution in [-0.2, 0) is 0 Å². The molecule has 0 amide bonds. The average molecular weight is 271 g/mol. The first kappa shape index (κ1) is 12.2. The molecule has 0 aliphatic heterocycles. The van der Waals surface area contributed by atoms with Crippen LogP contribution in [-0.4, -0.2) is 12.3 Å². The second kappa shape index (κ2) is 3.20. The number of aliphatic imine (C=N–C) groups is 1. The van der Waals surface area contributed by atoms with Gasteiger partial charge in [-0.25, -0.2) is 0 Å². The van der Waals surface area contributed by atoms with E-state index in [4.69, 9.17) is 4.99 Å². The zero-order valence-corrected chi connectivity index (χ0v) is 13.5. The molecule has 0 radical (unpaired) electrons. The van der Waals surface area contributed by atoms with Gasteiger partial charge in [0.25, 0.3) is 0 Å². The van der Waals surface area contributed by atoms with E-state index < -0.39 is 0 Å². The molecule has 5 rings (SSSR count). The van der Waals surface area contributed by atoms with E-state index >= 15 is 0 Å². The Bertz CT molecular complexity index is 486. The fourth-order valence-corrected chi connectivity index (χ4v) is 7.59. The lowest BCUT2D eigenvalue weighted by molar-refractivity contribution is -0.000402. The maximum atomic E-state index is 4.98. The van der Waals surface area contributed by atoms with E-state index in [2.05, 4.69) is 34.4 Å². The zero-order chi connectivity index (χ0) is 14.0. The Labute approximate surface area is 123 Å². The van der Waals surface area contributed by atoms with E-state index in [0.717, 1.165) is 53.3 Å². The van der Waals surface area contributed by atoms with Gasteiger partial charge in [0.1, 0.15) is 0 Å². The molecular formula is C19H29N. The standard InChI is InChI=1S/C19H29N/c1-9-10(2)13(9)8-19(20-5)17-12(4)15(17)7-18(19)6-14-11(3)16(14)18/h9-17H,5-8H2,1-4H3. The molecular weight excluding hydrogens is 242 g/mol. The van der Waals surface area contributed by atoms with Gasteiger partial charge in [0.05, 0.1) is 5.54 Å². The monoisotopic (exact) mass is 271 g/mol. The smallest absolute Gasteiger partial charge is 0.0696 e. The molecule has 0 bridgehead atoms. The summed E-state index contributed by atoms with van der Waals surface area (Å²) in [7, 11) is 0. The maximum absolute atomic E-state index is 4.98. The predicted molar refractivity (Wildman–Crippen MR) is 82.7 cm³/mol. The van der Waals surface area contributed by atoms with Crippen molar-refractivity contribution in [3.05, 3.63) is 0 Å². The van der Waals surface area contributed by atoms with Gasteiger partial charge < -0.3 is 0 Å². The minimum Gasteiger partial charge on any atom is -0.293 e. The number of hydrogen-bond donors (Lipinski definition) is 0. The normalized spacial score (nSPS) is 71.9. The molecule has 5 saturated carbocycles. The SMILES string of the molecule is C=NC1(CC2C(C)C2C)C2C(C)C2CC12CC1C(C)C12. The molecule has 5 aliphatic carbocycles. The highest BCUT2D eigenvalue weighted by molar-refractivity contribution is 5.39. The van der Waals surface area contributed by atoms with Crippen molar-refractivity contribution in [3.63, 3.8) is 0 Å². The Morgan fingerprint density at radius 3 is 1.90 bits per heavy atom. The molecule has 110 valence electrons. The summed E-state index contributed by atoms with van der Waals surface area (Å²) >= 11 is 0. The minimum absolute atomic E-state index is 0.284. The Morgan fingerprint density at radius 1 is 0.900 bits per heavy atom. The van der Waals surface area contributed by atoms with E-state index in [1.807, 2.05) is 0 Å². The van der Waals surface area contributed by atoms with Gasteiger partial charge in [0, 0.05) is 0 Å². The zero-order valence-electron chi connectivity index (χ0n) is 13.5. The molecule has 5 fully saturated rings. The van der Waals surface area contributed by atoms with E-state index in [1.54, 1.807) is 0 Å². The molecule has 0 aromatic rings. The van der Waals surface area contributed by atoms with Gasteiger partial charge in [-0.1, -0.05) is 27.7 Å². The van der Waals surface area contributed by atoms with Crippen molar-refractivity contribution < 1.29 is 0 Å². The Kier molecular flexibility index (Phi) is 1.96. The second-order valence-electron chi connectivity index (χ2n) is 9.33. The number of fused-ring (bicyclic) bond motifs is 3. The predicted octanol–water partition coefficient (Wildman–Crippen LogP) is 4.28. The molecule has 0 aromatic heterocycles. The molecule has 1 spiro atoms. The van der Waals surface area contributed by atoms with Crippen molar-refractivity contribution in [2.45, 2.75) is 52.5 Å². The largest absolute Gasteiger partial charge is 0.293 e. The topological polar surface area (TPSA) is 12.4 Å². The summed E-state index contributed by atoms with van der Waals surface area (Å²) in [5.41, 5.74) is 0.884. The van der Waals surface area contributed by atoms with Crippen LogP contribution >= 0.6 is 0 Å². The van der Waals surface area contributed by atoms with Crippen LogP contribution in [0.15, 0.2) is 4.99 Å². The van der Waals surface area contributed by atoms with Crippen molar-refractivity contribution in [1.29, 1.82) is 0 Å². The molecule has 0 saturated heterocycles. The summed E-state index contributed by atoms with van der Waals surface area (Å²) in [6.07, 6.45) is 4.37. The summed E-state index contributed by atoms with van der Waals surface area (Å²) in [5.74, 6) is 8.74. The van der Waals surface area contributed by atoms with Gasteiger partial charge in [-0.3, -0.25) is 4.99 Å². The minimum atomic E-state index is 0.284. The summed E-state index contributed by atoms with van der Waals surface area (Å²) in [6, 6.07) is 0. The van der Waals surface area contributed by atoms with Crippen LogP contribution in [0.1, 0.15) is 47.0 Å². The first-order chi connectivity index (χ1) is 9.48. The van der Waals surface area contributed by atoms with E-state index in [0.29, 0.717) is 5.41 Å². The van der Waals surface area contributed by atoms with Crippen LogP contribution in [0.5, 0.6) is 0 Å². The van der Waals surface area contributed by atoms with Crippen LogP contribution in [0.25, 0.3) is 0 Å². The van der Waals surface area contributed by atoms with Gasteiger partial charge >= 0.3 is 0 Å². The fourth-order valence-electron chi connectivity index (χ4n) is 7.59. The van der Waals surface area contributed by atoms with Crippen LogP contribution < -0.4 is 0 Å². The number of nitrogens with zero attached hydrogens (tertiary/aromatic N) is 1. The van der Waals surface area contributed by atoms with E-state index in [9.17, 15) is 0 Å². The summed E-state index contributed by atoms with van der Waals surface area (Å²) < 4.78 is 0. The molecule has 0 heterocycles. The van der Waals surface area contributed by atoms with Gasteiger partial charge in [-0.15, -0.1) is 0 Å². The molecule has 0 aromatic carbocycles. The van der Waals surface area contributed by atoms with Gasteiger partial charge in [-0.2, -0.15) is 0 Å². The highest BCUT2D eigenvalue weighted by atomic mass is 15.0. The molecule has 0 N–H and O–H groups in total. The van der Waals surface area contributed by atoms with Crippen LogP contribution in [0.3, 0.4) is 0 Å². The molecule has 5 aliphatic rings. The van der Waals surface area contributed by atoms with Crippen LogP contribution in [0.2, 0.25) is 0 Å². The lowest BCUT2D eigenvalue weighted by Crippen LogP contribution is -2.53. The highest BCUT2D eigenvalue weighted by Crippen LogP contribution is 2.86. The summed E-state index contributed by atoms with van der Waals surface area (Å²) in [4.78, 5) is 4.98. The van der Waals surface area contributed by atoms with E-state index in [-0.39, 0.29) is 5.54 Å². The van der Waals surface area contributed by atoms with Crippen molar-refractivity contribution in [1.82, 2.24) is 0 Å². The molecule has 10 unspecified atom stereocenters. The highest BCUT2D eigenvalue weighted by Gasteiger charge is 2.84. The Hall–Kier alpha value is -0.330. The third-order valence-electron chi connectivity index (χ3n) is 9.24. The van der Waals surface area contributed by atoms with E-state index in [1.165, 1.54) is 19.3 Å². The molecule has 1 heteroatoms. The Balaban J connectivity index is 1.52. The quantitative estimate of drug-likeness (QED) is 0.680. The first-order valence-corrected chi connectivity index (χ1v) is 8.96. The lowest BCUT2D eigenvalue weighted by Gasteiger charge is -2.52. The molecule has 1 nitrogen and oxygen atoms in total. The third-order valence-corrected chi connectivity index (χ3v) is 9.24. The van der Waals surface area contributed by atoms with Crippen molar-refractivity contribution >= 4 is 6.72 Å². The van der Waals surface area contributed by atoms with Gasteiger partial charge in [-0.05, 0) is 84.7 Å². The molecule has 20 heavy (non-hydrogen) atoms. The van der Waals surface area contributed by atoms with Gasteiger partial charge in [0.2, 0.25) is 0 Å². The fraction of sp³-hybridized carbons (Fsp3) is 0.947. The van der Waals surface area contributed by atoms with Gasteiger partial charge in [0.15, 0.2) is 0 Å². The van der Waals surface area contributed by atoms with Crippen molar-refractivity contribution in [2.75, 3.05) is 0 Å². The second-order valence-corrected chi connectivity index (χ2v) is 9.33. The molecule has 10 atom stereocenters. The number of rotatable bonds is 3. The van der Waals surface area contributed by atoms with Crippen molar-refractivity contribution in [2.24, 2.45) is 63.7 Å². The first-order valence-electron chi connectivity index (χ1n) is 8.96. The summed E-state index contributed by atoms with van der Waals surface area (Å²) in [5, 5.41) is 0. The Morgan fingerprint density at radius 2 is 1.45 bits per heavy atom. The summed E-state index contributed by atoms with van der Waals surface area (Å²) in [6.45, 7) is 14.0. The number of hydrogen-bond acceptors (Lipinski definition) is 1. The maximum Gasteiger partial charge on any atom is 0.0696 e. The average Bonchev–Trinajstić information content (AvgIpc) is 3.26. The van der Waals surface area contributed by atoms with Crippen LogP contribution in [0.4, 0.5) is 0 Å².